The third-order valence-corrected chi connectivity index (χ3v) is 4.15. The molecule has 120 valence electrons. The van der Waals surface area contributed by atoms with Crippen LogP contribution < -0.4 is 0 Å². The Morgan fingerprint density at radius 1 is 1.27 bits per heavy atom. The minimum atomic E-state index is -1.57. The molecular weight excluding hydrogens is 324 g/mol. The van der Waals surface area contributed by atoms with Crippen LogP contribution in [0.15, 0.2) is 17.7 Å². The summed E-state index contributed by atoms with van der Waals surface area (Å²) >= 11 is 5.47. The van der Waals surface area contributed by atoms with Crippen molar-refractivity contribution in [3.8, 4) is 0 Å². The van der Waals surface area contributed by atoms with E-state index in [2.05, 4.69) is 0 Å². The second-order valence-electron chi connectivity index (χ2n) is 5.70. The molecule has 1 aliphatic rings. The van der Waals surface area contributed by atoms with E-state index in [0.717, 1.165) is 0 Å². The Morgan fingerprint density at radius 2 is 1.82 bits per heavy atom. The fourth-order valence-electron chi connectivity index (χ4n) is 2.55. The third kappa shape index (κ3) is 2.84. The quantitative estimate of drug-likeness (QED) is 0.465. The summed E-state index contributed by atoms with van der Waals surface area (Å²) in [6, 6.07) is 0.0985. The first-order chi connectivity index (χ1) is 10.2. The van der Waals surface area contributed by atoms with Gasteiger partial charge in [0.1, 0.15) is 6.61 Å². The van der Waals surface area contributed by atoms with Gasteiger partial charge in [-0.3, -0.25) is 4.79 Å². The van der Waals surface area contributed by atoms with Crippen LogP contribution in [0.25, 0.3) is 0 Å². The molecule has 0 unspecified atom stereocenters. The number of benzene rings is 1. The van der Waals surface area contributed by atoms with E-state index in [1.54, 1.807) is 6.08 Å². The number of halogens is 5. The Balaban J connectivity index is 2.10. The van der Waals surface area contributed by atoms with Gasteiger partial charge in [0, 0.05) is 11.6 Å². The van der Waals surface area contributed by atoms with E-state index in [4.69, 9.17) is 16.3 Å². The second-order valence-corrected chi connectivity index (χ2v) is 5.95. The topological polar surface area (TPSA) is 26.3 Å². The van der Waals surface area contributed by atoms with Gasteiger partial charge in [0.2, 0.25) is 0 Å². The third-order valence-electron chi connectivity index (χ3n) is 4.01. The number of hydrogen-bond donors (Lipinski definition) is 0. The highest BCUT2D eigenvalue weighted by Crippen LogP contribution is 2.59. The summed E-state index contributed by atoms with van der Waals surface area (Å²) in [5.41, 5.74) is -0.0676. The van der Waals surface area contributed by atoms with Gasteiger partial charge in [0.15, 0.2) is 23.3 Å². The lowest BCUT2D eigenvalue weighted by molar-refractivity contribution is -0.147. The molecule has 22 heavy (non-hydrogen) atoms. The molecule has 1 saturated carbocycles. The number of hydrogen-bond acceptors (Lipinski definition) is 2. The summed E-state index contributed by atoms with van der Waals surface area (Å²) in [6.45, 7) is 2.74. The Bertz CT molecular complexity index is 617. The van der Waals surface area contributed by atoms with Gasteiger partial charge in [-0.05, 0) is 11.3 Å². The van der Waals surface area contributed by atoms with Crippen molar-refractivity contribution in [3.05, 3.63) is 46.5 Å². The largest absolute Gasteiger partial charge is 0.460 e. The van der Waals surface area contributed by atoms with Crippen molar-refractivity contribution < 1.29 is 27.1 Å². The van der Waals surface area contributed by atoms with Crippen molar-refractivity contribution >= 4 is 17.6 Å². The first kappa shape index (κ1) is 16.8. The molecule has 0 N–H and O–H groups in total. The molecule has 2 nitrogen and oxygen atoms in total. The second kappa shape index (κ2) is 5.91. The lowest BCUT2D eigenvalue weighted by Crippen LogP contribution is -2.13. The summed E-state index contributed by atoms with van der Waals surface area (Å²) in [6.07, 6.45) is 1.62. The van der Waals surface area contributed by atoms with Crippen LogP contribution in [0.2, 0.25) is 0 Å². The van der Waals surface area contributed by atoms with Crippen molar-refractivity contribution in [3.63, 3.8) is 0 Å². The molecule has 0 radical (unpaired) electrons. The molecule has 1 aromatic rings. The molecule has 0 spiro atoms. The van der Waals surface area contributed by atoms with Gasteiger partial charge in [-0.15, -0.1) is 0 Å². The van der Waals surface area contributed by atoms with Gasteiger partial charge in [-0.25, -0.2) is 17.6 Å². The summed E-state index contributed by atoms with van der Waals surface area (Å²) < 4.78 is 57.8. The molecule has 2 rings (SSSR count). The zero-order valence-corrected chi connectivity index (χ0v) is 12.6. The molecule has 1 fully saturated rings. The van der Waals surface area contributed by atoms with E-state index in [-0.39, 0.29) is 12.0 Å². The molecule has 0 amide bonds. The van der Waals surface area contributed by atoms with Crippen molar-refractivity contribution in [2.24, 2.45) is 17.3 Å². The van der Waals surface area contributed by atoms with Gasteiger partial charge in [-0.1, -0.05) is 31.5 Å². The SMILES string of the molecule is CC1(C)[C@H](/C=C/Cl)[C@@H]1C(=O)OCc1c(F)c(F)cc(F)c1F. The van der Waals surface area contributed by atoms with Crippen LogP contribution in [0.1, 0.15) is 19.4 Å². The van der Waals surface area contributed by atoms with Crippen LogP contribution in [-0.2, 0) is 16.1 Å². The summed E-state index contributed by atoms with van der Waals surface area (Å²) in [5, 5.41) is 0. The lowest BCUT2D eigenvalue weighted by atomic mass is 10.1. The van der Waals surface area contributed by atoms with E-state index in [9.17, 15) is 22.4 Å². The van der Waals surface area contributed by atoms with Crippen molar-refractivity contribution in [2.45, 2.75) is 20.5 Å². The maximum Gasteiger partial charge on any atom is 0.310 e. The highest BCUT2D eigenvalue weighted by atomic mass is 35.5. The summed E-state index contributed by atoms with van der Waals surface area (Å²) in [7, 11) is 0. The van der Waals surface area contributed by atoms with Crippen molar-refractivity contribution in [1.29, 1.82) is 0 Å². The predicted octanol–water partition coefficient (Wildman–Crippen LogP) is 4.31. The normalized spacial score (nSPS) is 22.9. The lowest BCUT2D eigenvalue weighted by Gasteiger charge is -2.09. The molecule has 0 aliphatic heterocycles. The van der Waals surface area contributed by atoms with E-state index < -0.39 is 52.7 Å². The van der Waals surface area contributed by atoms with Gasteiger partial charge in [-0.2, -0.15) is 0 Å². The van der Waals surface area contributed by atoms with E-state index in [0.29, 0.717) is 0 Å². The molecule has 0 aromatic heterocycles. The van der Waals surface area contributed by atoms with Crippen LogP contribution >= 0.6 is 11.6 Å². The smallest absolute Gasteiger partial charge is 0.310 e. The minimum absolute atomic E-state index is 0.0985. The number of esters is 1. The van der Waals surface area contributed by atoms with Gasteiger partial charge < -0.3 is 4.74 Å². The Morgan fingerprint density at radius 3 is 2.32 bits per heavy atom. The molecule has 2 atom stereocenters. The maximum atomic E-state index is 13.5. The number of allylic oxidation sites excluding steroid dienone is 1. The molecule has 0 saturated heterocycles. The zero-order chi connectivity index (χ0) is 16.7. The Kier molecular flexibility index (Phi) is 4.52. The van der Waals surface area contributed by atoms with Crippen LogP contribution in [0.4, 0.5) is 17.6 Å². The monoisotopic (exact) mass is 336 g/mol. The maximum absolute atomic E-state index is 13.5. The zero-order valence-electron chi connectivity index (χ0n) is 11.8. The minimum Gasteiger partial charge on any atom is -0.460 e. The number of carbonyl (C=O) groups excluding carboxylic acids is 1. The number of carbonyl (C=O) groups is 1. The molecule has 1 aliphatic carbocycles. The Hall–Kier alpha value is -1.56. The molecule has 7 heteroatoms. The molecule has 0 heterocycles. The first-order valence-electron chi connectivity index (χ1n) is 6.47. The van der Waals surface area contributed by atoms with Crippen molar-refractivity contribution in [2.75, 3.05) is 0 Å². The fourth-order valence-corrected chi connectivity index (χ4v) is 2.70. The average Bonchev–Trinajstić information content (AvgIpc) is 2.98. The first-order valence-corrected chi connectivity index (χ1v) is 6.90. The van der Waals surface area contributed by atoms with Crippen LogP contribution in [0.3, 0.4) is 0 Å². The summed E-state index contributed by atoms with van der Waals surface area (Å²) in [5.74, 6) is -7.60. The van der Waals surface area contributed by atoms with Crippen LogP contribution in [0, 0.1) is 40.5 Å². The fraction of sp³-hybridized carbons (Fsp3) is 0.400. The van der Waals surface area contributed by atoms with Gasteiger partial charge in [0.05, 0.1) is 11.5 Å². The van der Waals surface area contributed by atoms with E-state index in [1.807, 2.05) is 13.8 Å². The molecular formula is C15H13ClF4O2. The van der Waals surface area contributed by atoms with Crippen LogP contribution in [-0.4, -0.2) is 5.97 Å². The van der Waals surface area contributed by atoms with Gasteiger partial charge >= 0.3 is 5.97 Å². The Labute approximate surface area is 129 Å². The van der Waals surface area contributed by atoms with Gasteiger partial charge in [0.25, 0.3) is 0 Å². The standard InChI is InChI=1S/C15H13ClF4O2/c1-15(2)8(3-4-16)11(15)14(21)22-6-7-12(19)9(17)5-10(18)13(7)20/h3-5,8,11H,6H2,1-2H3/b4-3+/t8-,11-/m1/s1. The highest BCUT2D eigenvalue weighted by Gasteiger charge is 2.61. The van der Waals surface area contributed by atoms with E-state index in [1.165, 1.54) is 5.54 Å². The predicted molar refractivity (Wildman–Crippen MR) is 71.8 cm³/mol. The average molecular weight is 337 g/mol. The molecule has 0 bridgehead atoms. The highest BCUT2D eigenvalue weighted by molar-refractivity contribution is 6.25. The van der Waals surface area contributed by atoms with E-state index >= 15 is 0 Å². The van der Waals surface area contributed by atoms with Crippen LogP contribution in [0.5, 0.6) is 0 Å². The molecule has 1 aromatic carbocycles. The van der Waals surface area contributed by atoms with Crippen molar-refractivity contribution in [1.82, 2.24) is 0 Å². The summed E-state index contributed by atoms with van der Waals surface area (Å²) in [4.78, 5) is 11.9. The number of rotatable bonds is 4. The number of ether oxygens (including phenoxy) is 1.